The summed E-state index contributed by atoms with van der Waals surface area (Å²) in [6.07, 6.45) is -0.688. The van der Waals surface area contributed by atoms with Gasteiger partial charge in [0.2, 0.25) is 0 Å². The van der Waals surface area contributed by atoms with Gasteiger partial charge in [0.15, 0.2) is 0 Å². The van der Waals surface area contributed by atoms with E-state index in [0.717, 1.165) is 0 Å². The maximum atomic E-state index is 9.56. The predicted octanol–water partition coefficient (Wildman–Crippen LogP) is -2.68. The fraction of sp³-hybridized carbons (Fsp3) is 1.00. The smallest absolute Gasteiger partial charge is 0.0374 e. The molecule has 0 amide bonds. The maximum absolute atomic E-state index is 9.56. The fourth-order valence-electron chi connectivity index (χ4n) is 0.112. The van der Waals surface area contributed by atoms with Gasteiger partial charge in [-0.1, -0.05) is 7.60 Å². The van der Waals surface area contributed by atoms with Crippen molar-refractivity contribution in [2.45, 2.75) is 0 Å². The lowest BCUT2D eigenvalue weighted by Gasteiger charge is -2.28. The van der Waals surface area contributed by atoms with E-state index < -0.39 is 13.9 Å². The van der Waals surface area contributed by atoms with Crippen LogP contribution in [0.4, 0.5) is 0 Å². The van der Waals surface area contributed by atoms with Gasteiger partial charge in [0.25, 0.3) is 0 Å². The zero-order valence-corrected chi connectivity index (χ0v) is 4.35. The van der Waals surface area contributed by atoms with Gasteiger partial charge in [0.05, 0.1) is 0 Å². The molecule has 0 heterocycles. The Labute approximate surface area is 40.7 Å². The van der Waals surface area contributed by atoms with Crippen molar-refractivity contribution in [3.05, 3.63) is 0 Å². The number of rotatable bonds is 2. The molecule has 0 aromatic heterocycles. The number of hydrazine groups is 1. The van der Waals surface area contributed by atoms with Crippen molar-refractivity contribution < 1.29 is 14.4 Å². The zero-order valence-electron chi connectivity index (χ0n) is 3.46. The molecule has 7 heavy (non-hydrogen) atoms. The lowest BCUT2D eigenvalue weighted by molar-refractivity contribution is -0.313. The first-order valence-corrected chi connectivity index (χ1v) is 3.23. The number of hydrogen-bond acceptors (Lipinski definition) is 5. The molecule has 0 saturated heterocycles. The Bertz CT molecular complexity index is 86.9. The van der Waals surface area contributed by atoms with Crippen LogP contribution in [0.1, 0.15) is 0 Å². The quantitative estimate of drug-likeness (QED) is 0.237. The SMILES string of the molecule is NNCP(=O)([O-])[O-]. The highest BCUT2D eigenvalue weighted by atomic mass is 31.2. The molecule has 5 nitrogen and oxygen atoms in total. The van der Waals surface area contributed by atoms with Crippen LogP contribution >= 0.6 is 7.60 Å². The first-order chi connectivity index (χ1) is 3.06. The van der Waals surface area contributed by atoms with E-state index >= 15 is 0 Å². The molecule has 44 valence electrons. The summed E-state index contributed by atoms with van der Waals surface area (Å²) < 4.78 is 9.56. The molecule has 0 saturated carbocycles. The summed E-state index contributed by atoms with van der Waals surface area (Å²) in [6.45, 7) is 0. The third-order valence-electron chi connectivity index (χ3n) is 0.285. The van der Waals surface area contributed by atoms with Gasteiger partial charge in [-0.05, 0) is 0 Å². The number of nitrogens with two attached hydrogens (primary N) is 1. The highest BCUT2D eigenvalue weighted by molar-refractivity contribution is 7.48. The van der Waals surface area contributed by atoms with Crippen LogP contribution in [0.25, 0.3) is 0 Å². The van der Waals surface area contributed by atoms with Crippen molar-refractivity contribution in [1.82, 2.24) is 5.43 Å². The largest absolute Gasteiger partial charge is 0.810 e. The third-order valence-corrected chi connectivity index (χ3v) is 0.855. The normalized spacial score (nSPS) is 11.9. The van der Waals surface area contributed by atoms with Gasteiger partial charge in [-0.25, -0.2) is 0 Å². The highest BCUT2D eigenvalue weighted by Gasteiger charge is 1.82. The van der Waals surface area contributed by atoms with Gasteiger partial charge in [0, 0.05) is 6.29 Å². The number of nitrogens with one attached hydrogen (secondary N) is 1. The summed E-state index contributed by atoms with van der Waals surface area (Å²) >= 11 is 0. The average Bonchev–Trinajstić information content (AvgIpc) is 1.30. The Hall–Kier alpha value is 0.0700. The van der Waals surface area contributed by atoms with Crippen molar-refractivity contribution in [2.24, 2.45) is 5.84 Å². The van der Waals surface area contributed by atoms with Crippen LogP contribution in [-0.2, 0) is 4.57 Å². The van der Waals surface area contributed by atoms with Crippen LogP contribution in [0.2, 0.25) is 0 Å². The van der Waals surface area contributed by atoms with E-state index in [1.165, 1.54) is 0 Å². The second-order valence-corrected chi connectivity index (χ2v) is 2.51. The van der Waals surface area contributed by atoms with Crippen LogP contribution < -0.4 is 21.1 Å². The van der Waals surface area contributed by atoms with Gasteiger partial charge in [-0.15, -0.1) is 0 Å². The Morgan fingerprint density at radius 3 is 2.14 bits per heavy atom. The minimum atomic E-state index is -4.40. The Kier molecular flexibility index (Phi) is 2.42. The summed E-state index contributed by atoms with van der Waals surface area (Å²) in [7, 11) is -4.40. The summed E-state index contributed by atoms with van der Waals surface area (Å²) in [6, 6.07) is 0. The van der Waals surface area contributed by atoms with Crippen molar-refractivity contribution in [1.29, 1.82) is 0 Å². The van der Waals surface area contributed by atoms with Crippen LogP contribution in [0.15, 0.2) is 0 Å². The van der Waals surface area contributed by atoms with Crippen LogP contribution in [0.5, 0.6) is 0 Å². The molecule has 0 atom stereocenters. The van der Waals surface area contributed by atoms with E-state index in [4.69, 9.17) is 0 Å². The van der Waals surface area contributed by atoms with Crippen molar-refractivity contribution in [3.8, 4) is 0 Å². The Balaban J connectivity index is 3.36. The zero-order chi connectivity index (χ0) is 5.91. The fourth-order valence-corrected chi connectivity index (χ4v) is 0.335. The molecule has 0 aliphatic carbocycles. The lowest BCUT2D eigenvalue weighted by atomic mass is 11.5. The molecule has 0 aromatic carbocycles. The summed E-state index contributed by atoms with van der Waals surface area (Å²) in [5.41, 5.74) is 1.72. The summed E-state index contributed by atoms with van der Waals surface area (Å²) in [4.78, 5) is 19.1. The molecular weight excluding hydrogens is 119 g/mol. The lowest BCUT2D eigenvalue weighted by Crippen LogP contribution is -2.30. The molecule has 0 aliphatic heterocycles. The van der Waals surface area contributed by atoms with E-state index in [-0.39, 0.29) is 0 Å². The van der Waals surface area contributed by atoms with E-state index in [1.807, 2.05) is 0 Å². The van der Waals surface area contributed by atoms with Gasteiger partial charge in [-0.3, -0.25) is 11.3 Å². The van der Waals surface area contributed by atoms with Crippen LogP contribution in [0.3, 0.4) is 0 Å². The molecule has 0 rings (SSSR count). The molecule has 0 bridgehead atoms. The molecule has 0 fully saturated rings. The first-order valence-electron chi connectivity index (χ1n) is 1.51. The molecule has 0 aliphatic rings. The third kappa shape index (κ3) is 6.07. The van der Waals surface area contributed by atoms with Crippen LogP contribution in [0, 0.1) is 0 Å². The minimum Gasteiger partial charge on any atom is -0.810 e. The summed E-state index contributed by atoms with van der Waals surface area (Å²) in [5, 5.41) is 0. The topological polar surface area (TPSA) is 101 Å². The van der Waals surface area contributed by atoms with Gasteiger partial charge in [-0.2, -0.15) is 0 Å². The first kappa shape index (κ1) is 7.07. The molecule has 0 spiro atoms. The standard InChI is InChI=1S/CH7N2O3P/c2-3-1-7(4,5)6/h3H,1-2H2,(H2,4,5,6)/p-2. The molecule has 0 unspecified atom stereocenters. The van der Waals surface area contributed by atoms with Gasteiger partial charge < -0.3 is 14.4 Å². The van der Waals surface area contributed by atoms with E-state index in [9.17, 15) is 14.4 Å². The Morgan fingerprint density at radius 1 is 1.71 bits per heavy atom. The van der Waals surface area contributed by atoms with Crippen LogP contribution in [-0.4, -0.2) is 6.29 Å². The van der Waals surface area contributed by atoms with Gasteiger partial charge in [0.1, 0.15) is 0 Å². The van der Waals surface area contributed by atoms with Gasteiger partial charge >= 0.3 is 0 Å². The minimum absolute atomic E-state index is 0.688. The molecule has 6 heteroatoms. The van der Waals surface area contributed by atoms with Crippen molar-refractivity contribution in [3.63, 3.8) is 0 Å². The maximum Gasteiger partial charge on any atom is 0.0374 e. The second-order valence-electron chi connectivity index (χ2n) is 0.973. The predicted molar refractivity (Wildman–Crippen MR) is 19.8 cm³/mol. The van der Waals surface area contributed by atoms with E-state index in [1.54, 1.807) is 5.43 Å². The molecule has 0 aromatic rings. The van der Waals surface area contributed by atoms with E-state index in [0.29, 0.717) is 0 Å². The average molecular weight is 124 g/mol. The van der Waals surface area contributed by atoms with E-state index in [2.05, 4.69) is 5.84 Å². The Morgan fingerprint density at radius 2 is 2.14 bits per heavy atom. The number of hydrogen-bond donors (Lipinski definition) is 2. The highest BCUT2D eigenvalue weighted by Crippen LogP contribution is 2.18. The van der Waals surface area contributed by atoms with Crippen molar-refractivity contribution >= 4 is 7.60 Å². The monoisotopic (exact) mass is 124 g/mol. The molecule has 0 radical (unpaired) electrons. The van der Waals surface area contributed by atoms with Crippen molar-refractivity contribution in [2.75, 3.05) is 6.29 Å². The summed E-state index contributed by atoms with van der Waals surface area (Å²) in [5.74, 6) is 4.49. The molecule has 3 N–H and O–H groups in total. The second kappa shape index (κ2) is 2.40. The molecular formula is CH5N2O3P-2.